The second-order valence-corrected chi connectivity index (χ2v) is 9.32. The third kappa shape index (κ3) is 4.96. The summed E-state index contributed by atoms with van der Waals surface area (Å²) < 4.78 is 51.7. The molecule has 192 valence electrons. The van der Waals surface area contributed by atoms with Gasteiger partial charge in [-0.25, -0.2) is 4.99 Å². The molecule has 2 aliphatic rings. The monoisotopic (exact) mass is 529 g/mol. The molecule has 0 N–H and O–H groups in total. The lowest BCUT2D eigenvalue weighted by Gasteiger charge is -2.41. The van der Waals surface area contributed by atoms with Crippen LogP contribution < -0.4 is 9.47 Å². The summed E-state index contributed by atoms with van der Waals surface area (Å²) in [6, 6.07) is 15.0. The lowest BCUT2D eigenvalue weighted by molar-refractivity contribution is -0.137. The highest BCUT2D eigenvalue weighted by atomic mass is 35.5. The number of rotatable bonds is 2. The first kappa shape index (κ1) is 25.0. The Bertz CT molecular complexity index is 1380. The number of aliphatic imine (C=N–C) groups is 1. The number of carbonyl (C=O) groups is 1. The number of nitrogens with zero attached hydrogens (tertiary/aromatic N) is 3. The van der Waals surface area contributed by atoms with Crippen molar-refractivity contribution in [2.75, 3.05) is 26.7 Å². The van der Waals surface area contributed by atoms with Gasteiger partial charge >= 0.3 is 6.18 Å². The standard InChI is InChI=1S/C27H23ClF3N3O3/c1-16-15-33(11-12-34(16)26(35)17-3-6-19(28)7-4-17)25-21-14-20(36-2)8-10-23(21)37-24-9-5-18(27(29,30)31)13-22(24)32-25/h3-10,13-14,16H,11-12,15H2,1-2H3. The Kier molecular flexibility index (Phi) is 6.49. The summed E-state index contributed by atoms with van der Waals surface area (Å²) in [5.74, 6) is 1.57. The number of ether oxygens (including phenoxy) is 2. The number of benzene rings is 3. The topological polar surface area (TPSA) is 54.4 Å². The molecule has 0 bridgehead atoms. The van der Waals surface area contributed by atoms with Crippen LogP contribution in [0.3, 0.4) is 0 Å². The molecule has 1 amide bonds. The molecule has 2 heterocycles. The van der Waals surface area contributed by atoms with Gasteiger partial charge in [0, 0.05) is 36.3 Å². The predicted molar refractivity (Wildman–Crippen MR) is 134 cm³/mol. The molecule has 2 aliphatic heterocycles. The zero-order chi connectivity index (χ0) is 26.3. The second kappa shape index (κ2) is 9.63. The smallest absolute Gasteiger partial charge is 0.416 e. The van der Waals surface area contributed by atoms with Crippen LogP contribution in [0.15, 0.2) is 65.7 Å². The second-order valence-electron chi connectivity index (χ2n) is 8.88. The number of piperazine rings is 1. The normalized spacial score (nSPS) is 17.2. The highest BCUT2D eigenvalue weighted by molar-refractivity contribution is 6.30. The van der Waals surface area contributed by atoms with Crippen LogP contribution in [0.2, 0.25) is 5.02 Å². The number of alkyl halides is 3. The number of hydrogen-bond acceptors (Lipinski definition) is 5. The van der Waals surface area contributed by atoms with Crippen molar-refractivity contribution >= 4 is 29.0 Å². The van der Waals surface area contributed by atoms with Crippen LogP contribution in [0, 0.1) is 0 Å². The number of methoxy groups -OCH3 is 1. The van der Waals surface area contributed by atoms with E-state index in [0.29, 0.717) is 53.1 Å². The van der Waals surface area contributed by atoms with E-state index in [1.165, 1.54) is 13.2 Å². The average Bonchev–Trinajstić information content (AvgIpc) is 3.04. The van der Waals surface area contributed by atoms with Crippen LogP contribution in [-0.4, -0.2) is 54.3 Å². The fraction of sp³-hybridized carbons (Fsp3) is 0.259. The summed E-state index contributed by atoms with van der Waals surface area (Å²) in [4.78, 5) is 21.5. The van der Waals surface area contributed by atoms with E-state index in [-0.39, 0.29) is 23.4 Å². The molecule has 1 saturated heterocycles. The Hall–Kier alpha value is -3.72. The van der Waals surface area contributed by atoms with E-state index >= 15 is 0 Å². The number of amides is 1. The van der Waals surface area contributed by atoms with Gasteiger partial charge in [0.2, 0.25) is 0 Å². The van der Waals surface area contributed by atoms with Crippen molar-refractivity contribution in [1.29, 1.82) is 0 Å². The maximum absolute atomic E-state index is 13.4. The first-order chi connectivity index (χ1) is 17.6. The van der Waals surface area contributed by atoms with Crippen LogP contribution in [0.1, 0.15) is 28.4 Å². The van der Waals surface area contributed by atoms with Crippen LogP contribution in [-0.2, 0) is 6.18 Å². The molecule has 1 unspecified atom stereocenters. The lowest BCUT2D eigenvalue weighted by Crippen LogP contribution is -2.55. The van der Waals surface area contributed by atoms with Crippen molar-refractivity contribution < 1.29 is 27.4 Å². The molecule has 0 radical (unpaired) electrons. The maximum atomic E-state index is 13.4. The maximum Gasteiger partial charge on any atom is 0.416 e. The van der Waals surface area contributed by atoms with E-state index in [9.17, 15) is 18.0 Å². The van der Waals surface area contributed by atoms with Gasteiger partial charge in [0.1, 0.15) is 23.0 Å². The minimum atomic E-state index is -4.52. The summed E-state index contributed by atoms with van der Waals surface area (Å²) in [5.41, 5.74) is 0.392. The zero-order valence-electron chi connectivity index (χ0n) is 20.1. The van der Waals surface area contributed by atoms with Crippen molar-refractivity contribution in [3.8, 4) is 17.2 Å². The molecule has 0 aliphatic carbocycles. The summed E-state index contributed by atoms with van der Waals surface area (Å²) in [7, 11) is 1.53. The number of fused-ring (bicyclic) bond motifs is 2. The molecule has 1 atom stereocenters. The summed E-state index contributed by atoms with van der Waals surface area (Å²) >= 11 is 5.96. The molecular weight excluding hydrogens is 507 g/mol. The molecule has 0 spiro atoms. The van der Waals surface area contributed by atoms with Crippen LogP contribution in [0.25, 0.3) is 0 Å². The Balaban J connectivity index is 1.50. The SMILES string of the molecule is COc1ccc2c(c1)C(N1CCN(C(=O)c3ccc(Cl)cc3)C(C)C1)=Nc1cc(C(F)(F)F)ccc1O2. The van der Waals surface area contributed by atoms with Gasteiger partial charge < -0.3 is 19.3 Å². The van der Waals surface area contributed by atoms with Gasteiger partial charge in [-0.05, 0) is 67.6 Å². The lowest BCUT2D eigenvalue weighted by atomic mass is 10.1. The summed E-state index contributed by atoms with van der Waals surface area (Å²) in [5, 5.41) is 0.547. The Morgan fingerprint density at radius 2 is 1.78 bits per heavy atom. The molecule has 3 aromatic rings. The first-order valence-corrected chi connectivity index (χ1v) is 12.0. The number of hydrogen-bond donors (Lipinski definition) is 0. The fourth-order valence-electron chi connectivity index (χ4n) is 4.51. The zero-order valence-corrected chi connectivity index (χ0v) is 20.8. The quantitative estimate of drug-likeness (QED) is 0.385. The van der Waals surface area contributed by atoms with E-state index in [1.54, 1.807) is 47.4 Å². The molecule has 1 fully saturated rings. The van der Waals surface area contributed by atoms with Crippen LogP contribution in [0.4, 0.5) is 18.9 Å². The molecule has 5 rings (SSSR count). The number of carbonyl (C=O) groups excluding carboxylic acids is 1. The molecular formula is C27H23ClF3N3O3. The van der Waals surface area contributed by atoms with Gasteiger partial charge in [0.15, 0.2) is 5.75 Å². The Labute approximate surface area is 216 Å². The van der Waals surface area contributed by atoms with Crippen molar-refractivity contribution in [3.05, 3.63) is 82.4 Å². The van der Waals surface area contributed by atoms with E-state index in [2.05, 4.69) is 4.99 Å². The Morgan fingerprint density at radius 1 is 1.05 bits per heavy atom. The van der Waals surface area contributed by atoms with Crippen molar-refractivity contribution in [2.24, 2.45) is 4.99 Å². The van der Waals surface area contributed by atoms with E-state index in [0.717, 1.165) is 12.1 Å². The van der Waals surface area contributed by atoms with Crippen LogP contribution >= 0.6 is 11.6 Å². The summed E-state index contributed by atoms with van der Waals surface area (Å²) in [6.45, 7) is 3.17. The van der Waals surface area contributed by atoms with Gasteiger partial charge in [0.05, 0.1) is 18.2 Å². The molecule has 10 heteroatoms. The molecule has 3 aromatic carbocycles. The minimum Gasteiger partial charge on any atom is -0.497 e. The van der Waals surface area contributed by atoms with E-state index < -0.39 is 11.7 Å². The predicted octanol–water partition coefficient (Wildman–Crippen LogP) is 6.40. The van der Waals surface area contributed by atoms with Crippen LogP contribution in [0.5, 0.6) is 17.2 Å². The van der Waals surface area contributed by atoms with Gasteiger partial charge in [-0.3, -0.25) is 4.79 Å². The molecule has 37 heavy (non-hydrogen) atoms. The van der Waals surface area contributed by atoms with Crippen molar-refractivity contribution in [1.82, 2.24) is 9.80 Å². The molecule has 0 saturated carbocycles. The molecule has 6 nitrogen and oxygen atoms in total. The third-order valence-electron chi connectivity index (χ3n) is 6.44. The van der Waals surface area contributed by atoms with E-state index in [4.69, 9.17) is 21.1 Å². The number of halogens is 4. The summed E-state index contributed by atoms with van der Waals surface area (Å²) in [6.07, 6.45) is -4.52. The highest BCUT2D eigenvalue weighted by Crippen LogP contribution is 2.42. The largest absolute Gasteiger partial charge is 0.497 e. The Morgan fingerprint density at radius 3 is 2.46 bits per heavy atom. The first-order valence-electron chi connectivity index (χ1n) is 11.6. The average molecular weight is 530 g/mol. The van der Waals surface area contributed by atoms with E-state index in [1.807, 2.05) is 11.8 Å². The third-order valence-corrected chi connectivity index (χ3v) is 6.69. The molecule has 0 aromatic heterocycles. The minimum absolute atomic E-state index is 0.0762. The van der Waals surface area contributed by atoms with Gasteiger partial charge in [-0.1, -0.05) is 11.6 Å². The number of amidine groups is 1. The van der Waals surface area contributed by atoms with Crippen molar-refractivity contribution in [2.45, 2.75) is 19.1 Å². The highest BCUT2D eigenvalue weighted by Gasteiger charge is 2.34. The van der Waals surface area contributed by atoms with Gasteiger partial charge in [-0.15, -0.1) is 0 Å². The van der Waals surface area contributed by atoms with Gasteiger partial charge in [0.25, 0.3) is 5.91 Å². The fourth-order valence-corrected chi connectivity index (χ4v) is 4.64. The van der Waals surface area contributed by atoms with Gasteiger partial charge in [-0.2, -0.15) is 13.2 Å². The van der Waals surface area contributed by atoms with Crippen molar-refractivity contribution in [3.63, 3.8) is 0 Å².